The van der Waals surface area contributed by atoms with Crippen molar-refractivity contribution in [2.45, 2.75) is 24.3 Å². The van der Waals surface area contributed by atoms with E-state index in [0.717, 1.165) is 32.8 Å². The molecule has 0 unspecified atom stereocenters. The molecule has 3 aromatic heterocycles. The third kappa shape index (κ3) is 4.17. The fourth-order valence-corrected chi connectivity index (χ4v) is 4.31. The number of hydrogen-bond acceptors (Lipinski definition) is 6. The number of amides is 1. The zero-order chi connectivity index (χ0) is 18.6. The van der Waals surface area contributed by atoms with Gasteiger partial charge in [-0.05, 0) is 30.7 Å². The van der Waals surface area contributed by atoms with Crippen LogP contribution in [0.25, 0.3) is 5.65 Å². The number of rotatable bonds is 6. The summed E-state index contributed by atoms with van der Waals surface area (Å²) in [5.74, 6) is 0.632. The highest BCUT2D eigenvalue weighted by molar-refractivity contribution is 7.98. The lowest BCUT2D eigenvalue weighted by molar-refractivity contribution is -0.115. The Labute approximate surface area is 164 Å². The lowest BCUT2D eigenvalue weighted by atomic mass is 10.2. The summed E-state index contributed by atoms with van der Waals surface area (Å²) >= 11 is 3.08. The molecule has 1 N–H and O–H groups in total. The van der Waals surface area contributed by atoms with Crippen molar-refractivity contribution in [2.24, 2.45) is 0 Å². The molecule has 27 heavy (non-hydrogen) atoms. The summed E-state index contributed by atoms with van der Waals surface area (Å²) in [5, 5.41) is 14.9. The van der Waals surface area contributed by atoms with Crippen LogP contribution in [0.3, 0.4) is 0 Å². The van der Waals surface area contributed by atoms with E-state index in [1.54, 1.807) is 11.8 Å². The van der Waals surface area contributed by atoms with Gasteiger partial charge >= 0.3 is 0 Å². The van der Waals surface area contributed by atoms with E-state index >= 15 is 0 Å². The number of hydrogen-bond donors (Lipinski definition) is 1. The van der Waals surface area contributed by atoms with Gasteiger partial charge < -0.3 is 5.32 Å². The Morgan fingerprint density at radius 2 is 2.04 bits per heavy atom. The average Bonchev–Trinajstić information content (AvgIpc) is 3.28. The number of aromatic nitrogens is 4. The second-order valence-corrected chi connectivity index (χ2v) is 7.86. The van der Waals surface area contributed by atoms with Gasteiger partial charge in [0, 0.05) is 23.0 Å². The summed E-state index contributed by atoms with van der Waals surface area (Å²) in [6.45, 7) is 1.97. The second kappa shape index (κ2) is 7.89. The van der Waals surface area contributed by atoms with Gasteiger partial charge in [-0.3, -0.25) is 9.20 Å². The van der Waals surface area contributed by atoms with Crippen molar-refractivity contribution < 1.29 is 4.79 Å². The Morgan fingerprint density at radius 3 is 2.93 bits per heavy atom. The van der Waals surface area contributed by atoms with Crippen molar-refractivity contribution in [3.63, 3.8) is 0 Å². The van der Waals surface area contributed by atoms with Crippen molar-refractivity contribution in [3.8, 4) is 0 Å². The molecule has 6 nitrogen and oxygen atoms in total. The normalized spacial score (nSPS) is 11.0. The first-order chi connectivity index (χ1) is 13.2. The van der Waals surface area contributed by atoms with Gasteiger partial charge in [-0.2, -0.15) is 0 Å². The smallest absolute Gasteiger partial charge is 0.231 e. The largest absolute Gasteiger partial charge is 0.325 e. The van der Waals surface area contributed by atoms with E-state index < -0.39 is 0 Å². The van der Waals surface area contributed by atoms with Crippen molar-refractivity contribution in [1.82, 2.24) is 19.6 Å². The molecule has 0 aliphatic heterocycles. The van der Waals surface area contributed by atoms with Crippen molar-refractivity contribution in [2.75, 3.05) is 5.32 Å². The van der Waals surface area contributed by atoms with E-state index in [1.807, 2.05) is 65.4 Å². The molecule has 0 saturated carbocycles. The lowest BCUT2D eigenvalue weighted by Gasteiger charge is -2.06. The van der Waals surface area contributed by atoms with Crippen LogP contribution in [0, 0.1) is 6.92 Å². The Balaban J connectivity index is 1.36. The summed E-state index contributed by atoms with van der Waals surface area (Å²) in [6, 6.07) is 13.6. The van der Waals surface area contributed by atoms with E-state index in [1.165, 1.54) is 11.3 Å². The average molecular weight is 396 g/mol. The molecule has 0 atom stereocenters. The van der Waals surface area contributed by atoms with E-state index in [-0.39, 0.29) is 12.3 Å². The number of nitrogens with one attached hydrogen (secondary N) is 1. The number of nitrogens with zero attached hydrogens (tertiary/aromatic N) is 4. The van der Waals surface area contributed by atoms with Crippen LogP contribution in [0.1, 0.15) is 16.3 Å². The maximum atomic E-state index is 12.3. The maximum Gasteiger partial charge on any atom is 0.231 e. The SMILES string of the molecule is Cc1ccccc1NC(=O)Cc1nc(CSc2nnc3ccccn23)cs1. The van der Waals surface area contributed by atoms with Gasteiger partial charge in [0.25, 0.3) is 0 Å². The molecule has 0 fully saturated rings. The van der Waals surface area contributed by atoms with Crippen LogP contribution < -0.4 is 5.32 Å². The van der Waals surface area contributed by atoms with Gasteiger partial charge in [-0.15, -0.1) is 21.5 Å². The van der Waals surface area contributed by atoms with Crippen molar-refractivity contribution in [1.29, 1.82) is 0 Å². The molecular weight excluding hydrogens is 378 g/mol. The number of carbonyl (C=O) groups is 1. The Kier molecular flexibility index (Phi) is 5.17. The molecule has 0 aliphatic rings. The van der Waals surface area contributed by atoms with Gasteiger partial charge in [0.05, 0.1) is 12.1 Å². The quantitative estimate of drug-likeness (QED) is 0.500. The van der Waals surface area contributed by atoms with Crippen molar-refractivity contribution in [3.05, 3.63) is 70.3 Å². The van der Waals surface area contributed by atoms with Gasteiger partial charge in [-0.25, -0.2) is 4.98 Å². The summed E-state index contributed by atoms with van der Waals surface area (Å²) < 4.78 is 1.95. The second-order valence-electron chi connectivity index (χ2n) is 5.97. The molecule has 0 spiro atoms. The third-order valence-electron chi connectivity index (χ3n) is 3.96. The number of anilines is 1. The standard InChI is InChI=1S/C19H17N5OS2/c1-13-6-2-3-7-15(13)21-17(25)10-18-20-14(11-26-18)12-27-19-23-22-16-8-4-5-9-24(16)19/h2-9,11H,10,12H2,1H3,(H,21,25). The molecule has 1 amide bonds. The molecular formula is C19H17N5OS2. The van der Waals surface area contributed by atoms with Gasteiger partial charge in [0.15, 0.2) is 10.8 Å². The lowest BCUT2D eigenvalue weighted by Crippen LogP contribution is -2.15. The minimum absolute atomic E-state index is 0.0543. The van der Waals surface area contributed by atoms with Crippen LogP contribution in [-0.4, -0.2) is 25.5 Å². The highest BCUT2D eigenvalue weighted by Gasteiger charge is 2.11. The number of pyridine rings is 1. The molecule has 8 heteroatoms. The maximum absolute atomic E-state index is 12.3. The number of thioether (sulfide) groups is 1. The Hall–Kier alpha value is -2.71. The highest BCUT2D eigenvalue weighted by atomic mass is 32.2. The number of para-hydroxylation sites is 1. The Bertz CT molecular complexity index is 1090. The van der Waals surface area contributed by atoms with E-state index in [4.69, 9.17) is 0 Å². The predicted molar refractivity (Wildman–Crippen MR) is 108 cm³/mol. The van der Waals surface area contributed by atoms with Gasteiger partial charge in [0.1, 0.15) is 5.01 Å². The number of fused-ring (bicyclic) bond motifs is 1. The Morgan fingerprint density at radius 1 is 1.19 bits per heavy atom. The summed E-state index contributed by atoms with van der Waals surface area (Å²) in [7, 11) is 0. The van der Waals surface area contributed by atoms with Gasteiger partial charge in [-0.1, -0.05) is 36.0 Å². The minimum atomic E-state index is -0.0543. The predicted octanol–water partition coefficient (Wildman–Crippen LogP) is 3.97. The molecule has 0 aliphatic carbocycles. The third-order valence-corrected chi connectivity index (χ3v) is 5.84. The van der Waals surface area contributed by atoms with Crippen LogP contribution in [0.15, 0.2) is 59.2 Å². The fraction of sp³-hybridized carbons (Fsp3) is 0.158. The number of aryl methyl sites for hydroxylation is 1. The van der Waals surface area contributed by atoms with Gasteiger partial charge in [0.2, 0.25) is 5.91 Å². The minimum Gasteiger partial charge on any atom is -0.325 e. The summed E-state index contributed by atoms with van der Waals surface area (Å²) in [4.78, 5) is 16.8. The van der Waals surface area contributed by atoms with E-state index in [0.29, 0.717) is 5.75 Å². The van der Waals surface area contributed by atoms with E-state index in [2.05, 4.69) is 20.5 Å². The molecule has 136 valence electrons. The first-order valence-corrected chi connectivity index (χ1v) is 10.3. The number of carbonyl (C=O) groups excluding carboxylic acids is 1. The summed E-state index contributed by atoms with van der Waals surface area (Å²) in [5.41, 5.74) is 3.65. The molecule has 4 aromatic rings. The fourth-order valence-electron chi connectivity index (χ4n) is 2.60. The molecule has 1 aromatic carbocycles. The van der Waals surface area contributed by atoms with Crippen LogP contribution in [0.2, 0.25) is 0 Å². The summed E-state index contributed by atoms with van der Waals surface area (Å²) in [6.07, 6.45) is 2.22. The molecule has 4 rings (SSSR count). The molecule has 0 bridgehead atoms. The monoisotopic (exact) mass is 395 g/mol. The van der Waals surface area contributed by atoms with Crippen LogP contribution >= 0.6 is 23.1 Å². The van der Waals surface area contributed by atoms with Crippen molar-refractivity contribution >= 4 is 40.3 Å². The number of thiazole rings is 1. The first kappa shape index (κ1) is 17.7. The number of benzene rings is 1. The zero-order valence-corrected chi connectivity index (χ0v) is 16.3. The molecule has 3 heterocycles. The van der Waals surface area contributed by atoms with E-state index in [9.17, 15) is 4.79 Å². The zero-order valence-electron chi connectivity index (χ0n) is 14.6. The first-order valence-electron chi connectivity index (χ1n) is 8.40. The van der Waals surface area contributed by atoms with Crippen LogP contribution in [-0.2, 0) is 17.0 Å². The molecule has 0 saturated heterocycles. The topological polar surface area (TPSA) is 72.2 Å². The molecule has 0 radical (unpaired) electrons. The van der Waals surface area contributed by atoms with Crippen LogP contribution in [0.4, 0.5) is 5.69 Å². The van der Waals surface area contributed by atoms with Crippen LogP contribution in [0.5, 0.6) is 0 Å². The highest BCUT2D eigenvalue weighted by Crippen LogP contribution is 2.23.